The predicted octanol–water partition coefficient (Wildman–Crippen LogP) is 6.26. The third-order valence-electron chi connectivity index (χ3n) is 6.80. The van der Waals surface area contributed by atoms with Crippen LogP contribution in [0, 0.1) is 10.1 Å². The summed E-state index contributed by atoms with van der Waals surface area (Å²) in [7, 11) is 0. The number of nitro groups is 1. The van der Waals surface area contributed by atoms with Crippen LogP contribution in [0.2, 0.25) is 0 Å². The molecule has 1 heterocycles. The highest BCUT2D eigenvalue weighted by Gasteiger charge is 2.25. The van der Waals surface area contributed by atoms with Gasteiger partial charge in [-0.1, -0.05) is 44.5 Å². The number of non-ortho nitro benzene ring substituents is 1. The number of hydrogen-bond acceptors (Lipinski definition) is 5. The van der Waals surface area contributed by atoms with E-state index in [4.69, 9.17) is 4.98 Å². The van der Waals surface area contributed by atoms with E-state index in [1.165, 1.54) is 18.2 Å². The van der Waals surface area contributed by atoms with E-state index >= 15 is 0 Å². The Hall–Kier alpha value is -4.59. The second-order valence-corrected chi connectivity index (χ2v) is 9.39. The topological polar surface area (TPSA) is 98.3 Å². The minimum atomic E-state index is -0.506. The lowest BCUT2D eigenvalue weighted by Gasteiger charge is -2.30. The first-order chi connectivity index (χ1) is 18.8. The Morgan fingerprint density at radius 1 is 1.05 bits per heavy atom. The van der Waals surface area contributed by atoms with Crippen LogP contribution in [0.15, 0.2) is 83.7 Å². The zero-order valence-electron chi connectivity index (χ0n) is 22.4. The number of nitrogens with zero attached hydrogens (tertiary/aromatic N) is 4. The monoisotopic (exact) mass is 524 g/mol. The van der Waals surface area contributed by atoms with Gasteiger partial charge < -0.3 is 4.90 Å². The largest absolute Gasteiger partial charge is 0.329 e. The maximum absolute atomic E-state index is 13.8. The number of hydrogen-bond donors (Lipinski definition) is 0. The Morgan fingerprint density at radius 3 is 2.38 bits per heavy atom. The molecule has 0 N–H and O–H groups in total. The molecule has 3 aromatic carbocycles. The number of carbonyl (C=O) groups excluding carboxylic acids is 1. The van der Waals surface area contributed by atoms with Crippen molar-refractivity contribution < 1.29 is 9.72 Å². The average Bonchev–Trinajstić information content (AvgIpc) is 2.96. The third kappa shape index (κ3) is 6.12. The van der Waals surface area contributed by atoms with E-state index in [2.05, 4.69) is 13.8 Å². The number of aromatic nitrogens is 2. The van der Waals surface area contributed by atoms with Crippen LogP contribution in [0.4, 0.5) is 5.69 Å². The number of carbonyl (C=O) groups is 1. The van der Waals surface area contributed by atoms with Crippen molar-refractivity contribution >= 4 is 28.6 Å². The van der Waals surface area contributed by atoms with Gasteiger partial charge in [0.1, 0.15) is 5.82 Å². The predicted molar refractivity (Wildman–Crippen MR) is 154 cm³/mol. The molecule has 1 aromatic heterocycles. The third-order valence-corrected chi connectivity index (χ3v) is 6.80. The fourth-order valence-corrected chi connectivity index (χ4v) is 4.49. The number of aryl methyl sites for hydroxylation is 1. The van der Waals surface area contributed by atoms with Crippen molar-refractivity contribution in [2.24, 2.45) is 0 Å². The molecule has 0 aliphatic heterocycles. The highest BCUT2D eigenvalue weighted by molar-refractivity contribution is 5.92. The minimum Gasteiger partial charge on any atom is -0.329 e. The molecule has 0 saturated heterocycles. The van der Waals surface area contributed by atoms with Crippen molar-refractivity contribution in [3.63, 3.8) is 0 Å². The van der Waals surface area contributed by atoms with Crippen LogP contribution in [-0.2, 0) is 11.2 Å². The maximum atomic E-state index is 13.8. The second kappa shape index (κ2) is 12.3. The van der Waals surface area contributed by atoms with E-state index in [0.717, 1.165) is 24.8 Å². The van der Waals surface area contributed by atoms with Gasteiger partial charge in [0.15, 0.2) is 0 Å². The first-order valence-corrected chi connectivity index (χ1v) is 13.2. The molecule has 39 heavy (non-hydrogen) atoms. The molecule has 0 aliphatic rings. The van der Waals surface area contributed by atoms with Gasteiger partial charge in [-0.15, -0.1) is 0 Å². The van der Waals surface area contributed by atoms with Crippen molar-refractivity contribution in [3.05, 3.63) is 116 Å². The molecule has 200 valence electrons. The summed E-state index contributed by atoms with van der Waals surface area (Å²) < 4.78 is 1.61. The van der Waals surface area contributed by atoms with Gasteiger partial charge in [0.05, 0.1) is 27.6 Å². The van der Waals surface area contributed by atoms with Crippen LogP contribution in [0.1, 0.15) is 56.6 Å². The SMILES string of the molecule is CCCCN(C(=O)C=Cc1ccc([N+](=O)[O-])cc1)C(C)c1nc2ccccc2c(=O)n1-c1ccc(CC)cc1. The van der Waals surface area contributed by atoms with E-state index in [0.29, 0.717) is 34.5 Å². The van der Waals surface area contributed by atoms with Crippen LogP contribution in [0.5, 0.6) is 0 Å². The number of unbranched alkanes of at least 4 members (excludes halogenated alkanes) is 1. The maximum Gasteiger partial charge on any atom is 0.269 e. The molecule has 1 unspecified atom stereocenters. The number of para-hydroxylation sites is 1. The number of nitro benzene ring substituents is 1. The van der Waals surface area contributed by atoms with Crippen molar-refractivity contribution in [2.45, 2.75) is 46.1 Å². The molecular formula is C31H32N4O4. The van der Waals surface area contributed by atoms with Crippen molar-refractivity contribution in [3.8, 4) is 5.69 Å². The van der Waals surface area contributed by atoms with Crippen LogP contribution in [-0.4, -0.2) is 31.8 Å². The summed E-state index contributed by atoms with van der Waals surface area (Å²) in [5.74, 6) is 0.251. The number of amides is 1. The lowest BCUT2D eigenvalue weighted by Crippen LogP contribution is -2.37. The Kier molecular flexibility index (Phi) is 8.66. The Bertz CT molecular complexity index is 1560. The molecule has 0 bridgehead atoms. The van der Waals surface area contributed by atoms with Crippen molar-refractivity contribution in [1.82, 2.24) is 14.5 Å². The molecule has 0 spiro atoms. The van der Waals surface area contributed by atoms with Gasteiger partial charge in [0.2, 0.25) is 5.91 Å². The highest BCUT2D eigenvalue weighted by Crippen LogP contribution is 2.24. The second-order valence-electron chi connectivity index (χ2n) is 9.39. The standard InChI is InChI=1S/C31H32N4O4/c1-4-6-21-33(29(36)20-15-24-13-18-26(19-14-24)35(38)39)22(3)30-32-28-10-8-7-9-27(28)31(37)34(30)25-16-11-23(5-2)12-17-25/h7-20,22H,4-6,21H2,1-3H3. The van der Waals surface area contributed by atoms with E-state index in [9.17, 15) is 19.7 Å². The van der Waals surface area contributed by atoms with Crippen LogP contribution in [0.3, 0.4) is 0 Å². The molecular weight excluding hydrogens is 492 g/mol. The van der Waals surface area contributed by atoms with Gasteiger partial charge in [-0.25, -0.2) is 4.98 Å². The van der Waals surface area contributed by atoms with Gasteiger partial charge in [-0.05, 0) is 73.4 Å². The van der Waals surface area contributed by atoms with E-state index in [1.54, 1.807) is 33.7 Å². The number of benzene rings is 3. The lowest BCUT2D eigenvalue weighted by atomic mass is 10.1. The smallest absolute Gasteiger partial charge is 0.269 e. The van der Waals surface area contributed by atoms with Crippen LogP contribution < -0.4 is 5.56 Å². The summed E-state index contributed by atoms with van der Waals surface area (Å²) in [6, 6.07) is 20.6. The molecule has 8 heteroatoms. The number of fused-ring (bicyclic) bond motifs is 1. The lowest BCUT2D eigenvalue weighted by molar-refractivity contribution is -0.384. The molecule has 0 saturated carbocycles. The molecule has 1 atom stereocenters. The summed E-state index contributed by atoms with van der Waals surface area (Å²) >= 11 is 0. The molecule has 1 amide bonds. The average molecular weight is 525 g/mol. The van der Waals surface area contributed by atoms with Crippen LogP contribution in [0.25, 0.3) is 22.7 Å². The quantitative estimate of drug-likeness (QED) is 0.139. The first kappa shape index (κ1) is 27.4. The summed E-state index contributed by atoms with van der Waals surface area (Å²) in [6.45, 7) is 6.51. The van der Waals surface area contributed by atoms with Gasteiger partial charge in [-0.2, -0.15) is 0 Å². The number of rotatable bonds is 10. The fourth-order valence-electron chi connectivity index (χ4n) is 4.49. The Balaban J connectivity index is 1.76. The molecule has 0 aliphatic carbocycles. The zero-order chi connectivity index (χ0) is 27.9. The Morgan fingerprint density at radius 2 is 1.74 bits per heavy atom. The van der Waals surface area contributed by atoms with Crippen molar-refractivity contribution in [1.29, 1.82) is 0 Å². The Labute approximate surface area is 227 Å². The van der Waals surface area contributed by atoms with Gasteiger partial charge >= 0.3 is 0 Å². The van der Waals surface area contributed by atoms with Gasteiger partial charge in [-0.3, -0.25) is 24.3 Å². The van der Waals surface area contributed by atoms with E-state index < -0.39 is 11.0 Å². The van der Waals surface area contributed by atoms with Crippen LogP contribution >= 0.6 is 0 Å². The minimum absolute atomic E-state index is 0.0102. The van der Waals surface area contributed by atoms with Crippen molar-refractivity contribution in [2.75, 3.05) is 6.54 Å². The zero-order valence-corrected chi connectivity index (χ0v) is 22.4. The highest BCUT2D eigenvalue weighted by atomic mass is 16.6. The molecule has 8 nitrogen and oxygen atoms in total. The normalized spacial score (nSPS) is 12.1. The molecule has 4 aromatic rings. The summed E-state index contributed by atoms with van der Waals surface area (Å²) in [6.07, 6.45) is 5.66. The van der Waals surface area contributed by atoms with E-state index in [-0.39, 0.29) is 17.2 Å². The van der Waals surface area contributed by atoms with E-state index in [1.807, 2.05) is 49.4 Å². The van der Waals surface area contributed by atoms with Gasteiger partial charge in [0, 0.05) is 24.8 Å². The van der Waals surface area contributed by atoms with Gasteiger partial charge in [0.25, 0.3) is 11.2 Å². The summed E-state index contributed by atoms with van der Waals surface area (Å²) in [5.41, 5.74) is 2.91. The summed E-state index contributed by atoms with van der Waals surface area (Å²) in [4.78, 5) is 44.4. The molecule has 4 rings (SSSR count). The fraction of sp³-hybridized carbons (Fsp3) is 0.258. The molecule has 0 radical (unpaired) electrons. The molecule has 0 fully saturated rings. The summed E-state index contributed by atoms with van der Waals surface area (Å²) in [5, 5.41) is 11.5. The first-order valence-electron chi connectivity index (χ1n) is 13.2.